The molecule has 0 aliphatic heterocycles. The van der Waals surface area contributed by atoms with Gasteiger partial charge >= 0.3 is 5.97 Å². The molecule has 1 aromatic rings. The van der Waals surface area contributed by atoms with Crippen molar-refractivity contribution in [3.05, 3.63) is 18.0 Å². The van der Waals surface area contributed by atoms with E-state index < -0.39 is 11.4 Å². The Balaban J connectivity index is 2.32. The molecule has 1 heterocycles. The first-order valence-corrected chi connectivity index (χ1v) is 5.80. The number of aryl methyl sites for hydroxylation is 1. The molecule has 18 heavy (non-hydrogen) atoms. The van der Waals surface area contributed by atoms with Crippen molar-refractivity contribution in [3.63, 3.8) is 0 Å². The van der Waals surface area contributed by atoms with Crippen LogP contribution >= 0.6 is 0 Å². The van der Waals surface area contributed by atoms with E-state index in [0.29, 0.717) is 13.1 Å². The van der Waals surface area contributed by atoms with E-state index in [1.54, 1.807) is 10.9 Å². The molecule has 0 aliphatic carbocycles. The minimum Gasteiger partial charge on any atom is -0.481 e. The molecule has 0 unspecified atom stereocenters. The van der Waals surface area contributed by atoms with Crippen LogP contribution in [-0.4, -0.2) is 33.3 Å². The number of nitrogens with one attached hydrogen (secondary N) is 1. The summed E-state index contributed by atoms with van der Waals surface area (Å²) in [5, 5.41) is 15.7. The van der Waals surface area contributed by atoms with Gasteiger partial charge in [-0.3, -0.25) is 14.3 Å². The fraction of sp³-hybridized carbons (Fsp3) is 0.583. The van der Waals surface area contributed by atoms with Gasteiger partial charge in [-0.15, -0.1) is 0 Å². The van der Waals surface area contributed by atoms with Crippen molar-refractivity contribution in [2.45, 2.75) is 33.7 Å². The summed E-state index contributed by atoms with van der Waals surface area (Å²) in [4.78, 5) is 22.4. The zero-order valence-corrected chi connectivity index (χ0v) is 10.9. The van der Waals surface area contributed by atoms with Gasteiger partial charge in [0.1, 0.15) is 0 Å². The Morgan fingerprint density at radius 3 is 2.67 bits per heavy atom. The van der Waals surface area contributed by atoms with Gasteiger partial charge in [-0.05, 0) is 26.3 Å². The zero-order valence-electron chi connectivity index (χ0n) is 10.9. The number of rotatable bonds is 6. The van der Waals surface area contributed by atoms with Crippen molar-refractivity contribution in [3.8, 4) is 0 Å². The number of carbonyl (C=O) groups is 2. The molecule has 0 saturated carbocycles. The van der Waals surface area contributed by atoms with E-state index in [0.717, 1.165) is 5.56 Å². The minimum atomic E-state index is -1.04. The standard InChI is InChI=1S/C12H19N3O3/c1-9-7-14-15(8-9)5-4-13-10(16)6-12(2,3)11(17)18/h7-8H,4-6H2,1-3H3,(H,13,16)(H,17,18). The lowest BCUT2D eigenvalue weighted by molar-refractivity contribution is -0.149. The molecular formula is C12H19N3O3. The van der Waals surface area contributed by atoms with Crippen LogP contribution in [0.15, 0.2) is 12.4 Å². The lowest BCUT2D eigenvalue weighted by atomic mass is 9.89. The molecule has 6 nitrogen and oxygen atoms in total. The highest BCUT2D eigenvalue weighted by Gasteiger charge is 2.29. The molecule has 1 amide bonds. The first-order chi connectivity index (χ1) is 8.31. The van der Waals surface area contributed by atoms with Crippen LogP contribution in [0.3, 0.4) is 0 Å². The number of hydrogen-bond donors (Lipinski definition) is 2. The van der Waals surface area contributed by atoms with Gasteiger partial charge in [-0.25, -0.2) is 0 Å². The van der Waals surface area contributed by atoms with Crippen LogP contribution in [0.5, 0.6) is 0 Å². The van der Waals surface area contributed by atoms with Crippen LogP contribution in [0.4, 0.5) is 0 Å². The number of nitrogens with zero attached hydrogens (tertiary/aromatic N) is 2. The fourth-order valence-corrected chi connectivity index (χ4v) is 1.44. The third-order valence-corrected chi connectivity index (χ3v) is 2.61. The number of hydrogen-bond acceptors (Lipinski definition) is 3. The molecular weight excluding hydrogens is 234 g/mol. The maximum absolute atomic E-state index is 11.6. The number of aromatic nitrogens is 2. The predicted octanol–water partition coefficient (Wildman–Crippen LogP) is 0.809. The molecule has 0 fully saturated rings. The second-order valence-electron chi connectivity index (χ2n) is 5.00. The number of carbonyl (C=O) groups excluding carboxylic acids is 1. The number of amides is 1. The highest BCUT2D eigenvalue weighted by Crippen LogP contribution is 2.19. The Kier molecular flexibility index (Phi) is 4.47. The van der Waals surface area contributed by atoms with E-state index in [-0.39, 0.29) is 12.3 Å². The molecule has 0 aromatic carbocycles. The summed E-state index contributed by atoms with van der Waals surface area (Å²) in [5.41, 5.74) is 0.0279. The molecule has 0 radical (unpaired) electrons. The van der Waals surface area contributed by atoms with Crippen molar-refractivity contribution >= 4 is 11.9 Å². The molecule has 1 rings (SSSR count). The first-order valence-electron chi connectivity index (χ1n) is 5.80. The fourth-order valence-electron chi connectivity index (χ4n) is 1.44. The topological polar surface area (TPSA) is 84.2 Å². The molecule has 0 aliphatic rings. The van der Waals surface area contributed by atoms with Crippen molar-refractivity contribution in [2.24, 2.45) is 5.41 Å². The summed E-state index contributed by atoms with van der Waals surface area (Å²) < 4.78 is 1.73. The monoisotopic (exact) mass is 253 g/mol. The second kappa shape index (κ2) is 5.66. The summed E-state index contributed by atoms with van der Waals surface area (Å²) in [6, 6.07) is 0. The maximum Gasteiger partial charge on any atom is 0.309 e. The molecule has 1 aromatic heterocycles. The molecule has 0 spiro atoms. The zero-order chi connectivity index (χ0) is 13.8. The van der Waals surface area contributed by atoms with Crippen LogP contribution in [0.1, 0.15) is 25.8 Å². The summed E-state index contributed by atoms with van der Waals surface area (Å²) in [5.74, 6) is -1.23. The summed E-state index contributed by atoms with van der Waals surface area (Å²) in [7, 11) is 0. The van der Waals surface area contributed by atoms with Crippen molar-refractivity contribution < 1.29 is 14.7 Å². The normalized spacial score (nSPS) is 11.3. The Hall–Kier alpha value is -1.85. The third kappa shape index (κ3) is 4.20. The Morgan fingerprint density at radius 2 is 2.17 bits per heavy atom. The van der Waals surface area contributed by atoms with Crippen LogP contribution in [-0.2, 0) is 16.1 Å². The van der Waals surface area contributed by atoms with Gasteiger partial charge in [0.25, 0.3) is 0 Å². The van der Waals surface area contributed by atoms with Crippen LogP contribution in [0.25, 0.3) is 0 Å². The van der Waals surface area contributed by atoms with E-state index in [9.17, 15) is 9.59 Å². The van der Waals surface area contributed by atoms with E-state index in [2.05, 4.69) is 10.4 Å². The Labute approximate surface area is 106 Å². The maximum atomic E-state index is 11.6. The molecule has 100 valence electrons. The van der Waals surface area contributed by atoms with E-state index >= 15 is 0 Å². The van der Waals surface area contributed by atoms with Gasteiger partial charge in [0.15, 0.2) is 0 Å². The highest BCUT2D eigenvalue weighted by atomic mass is 16.4. The third-order valence-electron chi connectivity index (χ3n) is 2.61. The predicted molar refractivity (Wildman–Crippen MR) is 66.0 cm³/mol. The number of carboxylic acid groups (broad SMARTS) is 1. The van der Waals surface area contributed by atoms with E-state index in [1.165, 1.54) is 13.8 Å². The van der Waals surface area contributed by atoms with Gasteiger partial charge in [-0.1, -0.05) is 0 Å². The summed E-state index contributed by atoms with van der Waals surface area (Å²) in [6.07, 6.45) is 3.60. The largest absolute Gasteiger partial charge is 0.481 e. The number of aliphatic carboxylic acids is 1. The minimum absolute atomic E-state index is 0.0273. The van der Waals surface area contributed by atoms with Gasteiger partial charge in [0.2, 0.25) is 5.91 Å². The van der Waals surface area contributed by atoms with Crippen LogP contribution in [0.2, 0.25) is 0 Å². The highest BCUT2D eigenvalue weighted by molar-refractivity contribution is 5.84. The van der Waals surface area contributed by atoms with Gasteiger partial charge in [-0.2, -0.15) is 5.10 Å². The quantitative estimate of drug-likeness (QED) is 0.785. The van der Waals surface area contributed by atoms with Crippen molar-refractivity contribution in [2.75, 3.05) is 6.54 Å². The summed E-state index contributed by atoms with van der Waals surface area (Å²) >= 11 is 0. The van der Waals surface area contributed by atoms with E-state index in [4.69, 9.17) is 5.11 Å². The van der Waals surface area contributed by atoms with E-state index in [1.807, 2.05) is 13.1 Å². The SMILES string of the molecule is Cc1cnn(CCNC(=O)CC(C)(C)C(=O)O)c1. The lowest BCUT2D eigenvalue weighted by Gasteiger charge is -2.18. The molecule has 2 N–H and O–H groups in total. The van der Waals surface area contributed by atoms with Crippen molar-refractivity contribution in [1.82, 2.24) is 15.1 Å². The van der Waals surface area contributed by atoms with Gasteiger partial charge in [0, 0.05) is 19.2 Å². The lowest BCUT2D eigenvalue weighted by Crippen LogP contribution is -2.34. The second-order valence-corrected chi connectivity index (χ2v) is 5.00. The van der Waals surface area contributed by atoms with Gasteiger partial charge < -0.3 is 10.4 Å². The summed E-state index contributed by atoms with van der Waals surface area (Å²) in [6.45, 7) is 6.03. The average molecular weight is 253 g/mol. The van der Waals surface area contributed by atoms with Crippen LogP contribution in [0, 0.1) is 12.3 Å². The Bertz CT molecular complexity index is 438. The molecule has 0 saturated heterocycles. The molecule has 0 bridgehead atoms. The van der Waals surface area contributed by atoms with Gasteiger partial charge in [0.05, 0.1) is 18.2 Å². The smallest absolute Gasteiger partial charge is 0.309 e. The molecule has 0 atom stereocenters. The Morgan fingerprint density at radius 1 is 1.50 bits per heavy atom. The molecule has 6 heteroatoms. The average Bonchev–Trinajstić information content (AvgIpc) is 2.63. The van der Waals surface area contributed by atoms with Crippen molar-refractivity contribution in [1.29, 1.82) is 0 Å². The first kappa shape index (κ1) is 14.2. The van der Waals surface area contributed by atoms with Crippen LogP contribution < -0.4 is 5.32 Å². The number of carboxylic acids is 1.